The number of alkyl halides is 1. The molecule has 0 atom stereocenters. The zero-order valence-corrected chi connectivity index (χ0v) is 6.23. The molecule has 0 saturated heterocycles. The van der Waals surface area contributed by atoms with Gasteiger partial charge in [0.25, 0.3) is 0 Å². The van der Waals surface area contributed by atoms with Gasteiger partial charge in [-0.2, -0.15) is 0 Å². The van der Waals surface area contributed by atoms with Gasteiger partial charge in [0.1, 0.15) is 0 Å². The Balaban J connectivity index is 3.86. The summed E-state index contributed by atoms with van der Waals surface area (Å²) in [5.41, 5.74) is 0.549. The summed E-state index contributed by atoms with van der Waals surface area (Å²) >= 11 is 5.31. The quantitative estimate of drug-likeness (QED) is 0.336. The monoisotopic (exact) mass is 148 g/mol. The van der Waals surface area contributed by atoms with Crippen LogP contribution in [0.2, 0.25) is 0 Å². The Morgan fingerprint density at radius 3 is 2.67 bits per heavy atom. The van der Waals surface area contributed by atoms with E-state index >= 15 is 0 Å². The van der Waals surface area contributed by atoms with Crippen molar-refractivity contribution in [2.75, 3.05) is 13.0 Å². The van der Waals surface area contributed by atoms with Gasteiger partial charge in [-0.05, 0) is 6.92 Å². The van der Waals surface area contributed by atoms with Crippen molar-refractivity contribution in [2.45, 2.75) is 6.92 Å². The van der Waals surface area contributed by atoms with Crippen LogP contribution in [0.15, 0.2) is 11.6 Å². The summed E-state index contributed by atoms with van der Waals surface area (Å²) in [6, 6.07) is 0. The zero-order valence-electron chi connectivity index (χ0n) is 5.48. The molecule has 0 spiro atoms. The van der Waals surface area contributed by atoms with Gasteiger partial charge in [-0.25, -0.2) is 4.79 Å². The number of methoxy groups -OCH3 is 1. The smallest absolute Gasteiger partial charge is 0.333 e. The van der Waals surface area contributed by atoms with Crippen molar-refractivity contribution < 1.29 is 9.53 Å². The Bertz CT molecular complexity index is 129. The minimum Gasteiger partial charge on any atom is -0.466 e. The van der Waals surface area contributed by atoms with Crippen LogP contribution in [-0.4, -0.2) is 19.0 Å². The first-order valence-corrected chi connectivity index (χ1v) is 3.07. The first-order valence-electron chi connectivity index (χ1n) is 2.53. The lowest BCUT2D eigenvalue weighted by molar-refractivity contribution is -0.136. The largest absolute Gasteiger partial charge is 0.466 e. The third kappa shape index (κ3) is 3.14. The van der Waals surface area contributed by atoms with Gasteiger partial charge in [0.15, 0.2) is 0 Å². The summed E-state index contributed by atoms with van der Waals surface area (Å²) in [5, 5.41) is 0. The van der Waals surface area contributed by atoms with Crippen LogP contribution >= 0.6 is 11.6 Å². The van der Waals surface area contributed by atoms with Gasteiger partial charge in [-0.15, -0.1) is 11.6 Å². The highest BCUT2D eigenvalue weighted by molar-refractivity contribution is 6.19. The van der Waals surface area contributed by atoms with E-state index in [1.807, 2.05) is 0 Å². The fourth-order valence-corrected chi connectivity index (χ4v) is 0.592. The van der Waals surface area contributed by atoms with Gasteiger partial charge < -0.3 is 4.74 Å². The Morgan fingerprint density at radius 1 is 1.78 bits per heavy atom. The molecule has 52 valence electrons. The summed E-state index contributed by atoms with van der Waals surface area (Å²) in [5.74, 6) is 0.0247. The molecule has 0 aliphatic carbocycles. The van der Waals surface area contributed by atoms with E-state index in [-0.39, 0.29) is 5.97 Å². The molecule has 2 nitrogen and oxygen atoms in total. The van der Waals surface area contributed by atoms with Crippen molar-refractivity contribution in [3.63, 3.8) is 0 Å². The molecule has 3 heteroatoms. The zero-order chi connectivity index (χ0) is 7.28. The van der Waals surface area contributed by atoms with Crippen LogP contribution < -0.4 is 0 Å². The summed E-state index contributed by atoms with van der Waals surface area (Å²) in [4.78, 5) is 10.6. The first-order chi connectivity index (χ1) is 4.22. The lowest BCUT2D eigenvalue weighted by Gasteiger charge is -1.94. The highest BCUT2D eigenvalue weighted by atomic mass is 35.5. The molecule has 0 aromatic carbocycles. The Morgan fingerprint density at radius 2 is 2.33 bits per heavy atom. The minimum absolute atomic E-state index is 0.323. The molecule has 0 aliphatic heterocycles. The highest BCUT2D eigenvalue weighted by Crippen LogP contribution is 1.95. The second-order valence-electron chi connectivity index (χ2n) is 1.53. The summed E-state index contributed by atoms with van der Waals surface area (Å²) in [6.45, 7) is 1.66. The average Bonchev–Trinajstić information content (AvgIpc) is 1.87. The molecule has 0 N–H and O–H groups in total. The molecule has 0 rings (SSSR count). The predicted octanol–water partition coefficient (Wildman–Crippen LogP) is 1.34. The topological polar surface area (TPSA) is 26.3 Å². The van der Waals surface area contributed by atoms with Crippen LogP contribution in [0.3, 0.4) is 0 Å². The predicted molar refractivity (Wildman–Crippen MR) is 36.5 cm³/mol. The molecular formula is C6H9ClO2. The number of carbonyl (C=O) groups excluding carboxylic acids is 1. The van der Waals surface area contributed by atoms with Gasteiger partial charge in [-0.3, -0.25) is 0 Å². The Labute approximate surface area is 59.5 Å². The maximum absolute atomic E-state index is 10.6. The van der Waals surface area contributed by atoms with Crippen molar-refractivity contribution in [3.8, 4) is 0 Å². The van der Waals surface area contributed by atoms with Gasteiger partial charge in [0.2, 0.25) is 0 Å². The number of allylic oxidation sites excluding steroid dienone is 1. The fraction of sp³-hybridized carbons (Fsp3) is 0.500. The van der Waals surface area contributed by atoms with Crippen LogP contribution in [-0.2, 0) is 9.53 Å². The minimum atomic E-state index is -0.323. The number of hydrogen-bond acceptors (Lipinski definition) is 2. The van der Waals surface area contributed by atoms with Crippen LogP contribution in [0.25, 0.3) is 0 Å². The van der Waals surface area contributed by atoms with Crippen molar-refractivity contribution in [1.82, 2.24) is 0 Å². The van der Waals surface area contributed by atoms with Crippen LogP contribution in [0.1, 0.15) is 6.92 Å². The number of carbonyl (C=O) groups is 1. The van der Waals surface area contributed by atoms with Gasteiger partial charge in [0.05, 0.1) is 7.11 Å². The van der Waals surface area contributed by atoms with E-state index in [1.165, 1.54) is 7.11 Å². The van der Waals surface area contributed by atoms with Crippen molar-refractivity contribution in [3.05, 3.63) is 11.6 Å². The third-order valence-corrected chi connectivity index (χ3v) is 1.05. The van der Waals surface area contributed by atoms with Crippen LogP contribution in [0, 0.1) is 0 Å². The Hall–Kier alpha value is -0.500. The second kappa shape index (κ2) is 4.39. The molecule has 0 aromatic heterocycles. The number of rotatable bonds is 2. The molecule has 9 heavy (non-hydrogen) atoms. The number of esters is 1. The molecule has 0 unspecified atom stereocenters. The van der Waals surface area contributed by atoms with Crippen molar-refractivity contribution in [1.29, 1.82) is 0 Å². The van der Waals surface area contributed by atoms with Crippen molar-refractivity contribution in [2.24, 2.45) is 0 Å². The second-order valence-corrected chi connectivity index (χ2v) is 1.84. The molecule has 0 fully saturated rings. The number of ether oxygens (including phenoxy) is 1. The summed E-state index contributed by atoms with van der Waals surface area (Å²) in [6.07, 6.45) is 1.60. The van der Waals surface area contributed by atoms with E-state index < -0.39 is 0 Å². The highest BCUT2D eigenvalue weighted by Gasteiger charge is 1.99. The standard InChI is InChI=1S/C6H9ClO2/c1-5(3-4-7)6(8)9-2/h3H,4H2,1-2H3/b5-3+. The number of hydrogen-bond donors (Lipinski definition) is 0. The molecule has 0 heterocycles. The summed E-state index contributed by atoms with van der Waals surface area (Å²) < 4.78 is 4.40. The maximum Gasteiger partial charge on any atom is 0.333 e. The normalized spacial score (nSPS) is 11.2. The third-order valence-electron chi connectivity index (χ3n) is 0.891. The molecular weight excluding hydrogens is 140 g/mol. The fourth-order valence-electron chi connectivity index (χ4n) is 0.360. The van der Waals surface area contributed by atoms with E-state index in [1.54, 1.807) is 13.0 Å². The van der Waals surface area contributed by atoms with E-state index in [0.717, 1.165) is 0 Å². The van der Waals surface area contributed by atoms with Gasteiger partial charge in [0, 0.05) is 11.5 Å². The van der Waals surface area contributed by atoms with Gasteiger partial charge >= 0.3 is 5.97 Å². The molecule has 0 amide bonds. The average molecular weight is 149 g/mol. The molecule has 0 saturated carbocycles. The van der Waals surface area contributed by atoms with E-state index in [2.05, 4.69) is 4.74 Å². The van der Waals surface area contributed by atoms with Crippen LogP contribution in [0.4, 0.5) is 0 Å². The maximum atomic E-state index is 10.6. The van der Waals surface area contributed by atoms with E-state index in [4.69, 9.17) is 11.6 Å². The molecule has 0 radical (unpaired) electrons. The number of halogens is 1. The Kier molecular flexibility index (Phi) is 4.14. The van der Waals surface area contributed by atoms with Gasteiger partial charge in [-0.1, -0.05) is 6.08 Å². The van der Waals surface area contributed by atoms with E-state index in [0.29, 0.717) is 11.5 Å². The lowest BCUT2D eigenvalue weighted by Crippen LogP contribution is -2.01. The molecule has 0 aliphatic rings. The first kappa shape index (κ1) is 8.50. The van der Waals surface area contributed by atoms with E-state index in [9.17, 15) is 4.79 Å². The molecule has 0 aromatic rings. The van der Waals surface area contributed by atoms with Crippen molar-refractivity contribution >= 4 is 17.6 Å². The molecule has 0 bridgehead atoms. The summed E-state index contributed by atoms with van der Waals surface area (Å²) in [7, 11) is 1.34. The van der Waals surface area contributed by atoms with Crippen LogP contribution in [0.5, 0.6) is 0 Å². The lowest BCUT2D eigenvalue weighted by atomic mass is 10.3. The SMILES string of the molecule is COC(=O)/C(C)=C/CCl.